The van der Waals surface area contributed by atoms with Gasteiger partial charge in [0.05, 0.1) is 19.0 Å². The fourth-order valence-electron chi connectivity index (χ4n) is 0.650. The molecule has 0 aliphatic rings. The Bertz CT molecular complexity index is 307. The van der Waals surface area contributed by atoms with Gasteiger partial charge >= 0.3 is 0 Å². The Labute approximate surface area is 68.8 Å². The summed E-state index contributed by atoms with van der Waals surface area (Å²) < 4.78 is 5.04. The normalized spacial score (nSPS) is 8.75. The molecule has 0 unspecified atom stereocenters. The zero-order chi connectivity index (χ0) is 8.81. The van der Waals surface area contributed by atoms with Gasteiger partial charge in [0, 0.05) is 4.91 Å². The molecule has 12 heavy (non-hydrogen) atoms. The van der Waals surface area contributed by atoms with E-state index in [1.54, 1.807) is 0 Å². The highest BCUT2D eigenvalue weighted by atomic mass is 16.5. The van der Waals surface area contributed by atoms with Crippen LogP contribution in [0, 0.1) is 0 Å². The van der Waals surface area contributed by atoms with Crippen LogP contribution in [0.3, 0.4) is 0 Å². The largest absolute Gasteiger partial charge is 0.477 e. The number of nitrogens with zero attached hydrogens (tertiary/aromatic N) is 5. The standard InChI is InChI=1S/C6H7N5O/c1-2-12-6-4-8-3-5(9-6)10-11-7/h3-4H,2H2,1H3. The number of aromatic nitrogens is 2. The lowest BCUT2D eigenvalue weighted by molar-refractivity contribution is 0.325. The zero-order valence-electron chi connectivity index (χ0n) is 6.51. The summed E-state index contributed by atoms with van der Waals surface area (Å²) in [4.78, 5) is 10.2. The van der Waals surface area contributed by atoms with Gasteiger partial charge in [0.15, 0.2) is 0 Å². The van der Waals surface area contributed by atoms with Crippen LogP contribution in [-0.4, -0.2) is 16.6 Å². The zero-order valence-corrected chi connectivity index (χ0v) is 6.51. The number of azide groups is 1. The lowest BCUT2D eigenvalue weighted by Crippen LogP contribution is -1.94. The molecule has 0 amide bonds. The van der Waals surface area contributed by atoms with E-state index < -0.39 is 0 Å². The van der Waals surface area contributed by atoms with E-state index in [0.29, 0.717) is 12.5 Å². The maximum atomic E-state index is 8.09. The van der Waals surface area contributed by atoms with Crippen molar-refractivity contribution in [2.75, 3.05) is 6.61 Å². The minimum Gasteiger partial charge on any atom is -0.477 e. The maximum Gasteiger partial charge on any atom is 0.232 e. The first-order chi connectivity index (χ1) is 5.86. The number of rotatable bonds is 3. The second-order valence-electron chi connectivity index (χ2n) is 1.84. The fraction of sp³-hybridized carbons (Fsp3) is 0.333. The van der Waals surface area contributed by atoms with Gasteiger partial charge in [-0.1, -0.05) is 0 Å². The highest BCUT2D eigenvalue weighted by Crippen LogP contribution is 2.11. The van der Waals surface area contributed by atoms with Gasteiger partial charge in [0.25, 0.3) is 0 Å². The van der Waals surface area contributed by atoms with E-state index in [4.69, 9.17) is 10.3 Å². The molecule has 1 aromatic heterocycles. The van der Waals surface area contributed by atoms with Crippen molar-refractivity contribution in [1.82, 2.24) is 9.97 Å². The minimum atomic E-state index is 0.212. The second kappa shape index (κ2) is 4.15. The molecule has 0 bridgehead atoms. The molecule has 6 nitrogen and oxygen atoms in total. The van der Waals surface area contributed by atoms with Crippen molar-refractivity contribution < 1.29 is 4.74 Å². The molecule has 0 radical (unpaired) electrons. The van der Waals surface area contributed by atoms with Crippen molar-refractivity contribution in [2.24, 2.45) is 5.11 Å². The molecule has 0 aromatic carbocycles. The maximum absolute atomic E-state index is 8.09. The van der Waals surface area contributed by atoms with Crippen LogP contribution in [0.25, 0.3) is 10.4 Å². The van der Waals surface area contributed by atoms with Crippen molar-refractivity contribution in [3.8, 4) is 5.88 Å². The van der Waals surface area contributed by atoms with Crippen LogP contribution >= 0.6 is 0 Å². The third kappa shape index (κ3) is 2.10. The average Bonchev–Trinajstić information content (AvgIpc) is 2.06. The Balaban J connectivity index is 2.87. The number of hydrogen-bond acceptors (Lipinski definition) is 4. The van der Waals surface area contributed by atoms with E-state index in [1.165, 1.54) is 12.4 Å². The van der Waals surface area contributed by atoms with Crippen molar-refractivity contribution in [3.05, 3.63) is 22.8 Å². The summed E-state index contributed by atoms with van der Waals surface area (Å²) in [5, 5.41) is 3.28. The van der Waals surface area contributed by atoms with Gasteiger partial charge in [-0.05, 0) is 17.6 Å². The summed E-state index contributed by atoms with van der Waals surface area (Å²) in [6.45, 7) is 2.34. The highest BCUT2D eigenvalue weighted by molar-refractivity contribution is 5.25. The molecule has 0 N–H and O–H groups in total. The summed E-state index contributed by atoms with van der Waals surface area (Å²) in [6.07, 6.45) is 2.82. The molecule has 0 fully saturated rings. The molecule has 62 valence electrons. The summed E-state index contributed by atoms with van der Waals surface area (Å²) in [6, 6.07) is 0. The third-order valence-corrected chi connectivity index (χ3v) is 1.04. The van der Waals surface area contributed by atoms with Crippen molar-refractivity contribution in [2.45, 2.75) is 6.92 Å². The molecule has 0 spiro atoms. The summed E-state index contributed by atoms with van der Waals surface area (Å²) in [7, 11) is 0. The van der Waals surface area contributed by atoms with Crippen LogP contribution in [0.5, 0.6) is 5.88 Å². The van der Waals surface area contributed by atoms with Crippen LogP contribution in [0.15, 0.2) is 17.5 Å². The van der Waals surface area contributed by atoms with Crippen LogP contribution in [0.1, 0.15) is 6.92 Å². The van der Waals surface area contributed by atoms with E-state index in [1.807, 2.05) is 6.92 Å². The van der Waals surface area contributed by atoms with E-state index in [-0.39, 0.29) is 5.82 Å². The predicted molar refractivity (Wildman–Crippen MR) is 42.0 cm³/mol. The van der Waals surface area contributed by atoms with Gasteiger partial charge in [0.1, 0.15) is 5.82 Å². The predicted octanol–water partition coefficient (Wildman–Crippen LogP) is 1.82. The Morgan fingerprint density at radius 3 is 3.17 bits per heavy atom. The lowest BCUT2D eigenvalue weighted by atomic mass is 10.6. The molecule has 0 saturated heterocycles. The van der Waals surface area contributed by atoms with E-state index in [0.717, 1.165) is 0 Å². The van der Waals surface area contributed by atoms with Crippen molar-refractivity contribution in [3.63, 3.8) is 0 Å². The lowest BCUT2D eigenvalue weighted by Gasteiger charge is -1.99. The Hall–Kier alpha value is -1.81. The molecule has 0 aliphatic heterocycles. The van der Waals surface area contributed by atoms with Crippen LogP contribution < -0.4 is 4.74 Å². The van der Waals surface area contributed by atoms with Crippen LogP contribution in [0.4, 0.5) is 5.82 Å². The molecular weight excluding hydrogens is 158 g/mol. The highest BCUT2D eigenvalue weighted by Gasteiger charge is 1.95. The van der Waals surface area contributed by atoms with Gasteiger partial charge in [-0.2, -0.15) is 0 Å². The first-order valence-electron chi connectivity index (χ1n) is 3.36. The SMILES string of the molecule is CCOc1cncc(N=[N+]=[N-])n1. The molecule has 0 saturated carbocycles. The first-order valence-corrected chi connectivity index (χ1v) is 3.36. The van der Waals surface area contributed by atoms with Gasteiger partial charge in [0.2, 0.25) is 5.88 Å². The monoisotopic (exact) mass is 165 g/mol. The molecule has 1 aromatic rings. The van der Waals surface area contributed by atoms with E-state index >= 15 is 0 Å². The Morgan fingerprint density at radius 1 is 1.67 bits per heavy atom. The quantitative estimate of drug-likeness (QED) is 0.389. The van der Waals surface area contributed by atoms with Crippen molar-refractivity contribution in [1.29, 1.82) is 0 Å². The second-order valence-corrected chi connectivity index (χ2v) is 1.84. The molecule has 6 heteroatoms. The Kier molecular flexibility index (Phi) is 2.87. The number of hydrogen-bond donors (Lipinski definition) is 0. The number of ether oxygens (including phenoxy) is 1. The van der Waals surface area contributed by atoms with Gasteiger partial charge < -0.3 is 4.74 Å². The van der Waals surface area contributed by atoms with Crippen LogP contribution in [-0.2, 0) is 0 Å². The van der Waals surface area contributed by atoms with Gasteiger partial charge in [-0.3, -0.25) is 4.98 Å². The van der Waals surface area contributed by atoms with E-state index in [2.05, 4.69) is 20.0 Å². The third-order valence-electron chi connectivity index (χ3n) is 1.04. The average molecular weight is 165 g/mol. The molecule has 0 atom stereocenters. The van der Waals surface area contributed by atoms with Crippen molar-refractivity contribution >= 4 is 5.82 Å². The fourth-order valence-corrected chi connectivity index (χ4v) is 0.650. The van der Waals surface area contributed by atoms with Gasteiger partial charge in [-0.25, -0.2) is 4.98 Å². The van der Waals surface area contributed by atoms with Gasteiger partial charge in [-0.15, -0.1) is 0 Å². The molecule has 1 heterocycles. The van der Waals surface area contributed by atoms with Crippen LogP contribution in [0.2, 0.25) is 0 Å². The summed E-state index contributed by atoms with van der Waals surface area (Å²) in [5.74, 6) is 0.575. The smallest absolute Gasteiger partial charge is 0.232 e. The Morgan fingerprint density at radius 2 is 2.50 bits per heavy atom. The summed E-state index contributed by atoms with van der Waals surface area (Å²) in [5.41, 5.74) is 8.09. The molecule has 1 rings (SSSR count). The first kappa shape index (κ1) is 8.29. The molecular formula is C6H7N5O. The minimum absolute atomic E-state index is 0.212. The summed E-state index contributed by atoms with van der Waals surface area (Å²) >= 11 is 0. The topological polar surface area (TPSA) is 83.8 Å². The van der Waals surface area contributed by atoms with E-state index in [9.17, 15) is 0 Å². The molecule has 0 aliphatic carbocycles.